The molecular weight excluding hydrogens is 251 g/mol. The Morgan fingerprint density at radius 2 is 2.42 bits per heavy atom. The van der Waals surface area contributed by atoms with Crippen molar-refractivity contribution in [2.75, 3.05) is 25.1 Å². The van der Waals surface area contributed by atoms with Gasteiger partial charge >= 0.3 is 5.97 Å². The largest absolute Gasteiger partial charge is 0.478 e. The van der Waals surface area contributed by atoms with E-state index in [4.69, 9.17) is 9.84 Å². The summed E-state index contributed by atoms with van der Waals surface area (Å²) in [6.45, 7) is 1.29. The monoisotopic (exact) mass is 268 g/mol. The molecule has 1 aromatic rings. The SMILES string of the molecule is CN(CC1CCCCO1)c1ncc(F)cc1C(=O)O. The molecule has 1 aliphatic rings. The van der Waals surface area contributed by atoms with E-state index in [0.29, 0.717) is 6.54 Å². The second-order valence-electron chi connectivity index (χ2n) is 4.70. The van der Waals surface area contributed by atoms with Crippen LogP contribution in [0, 0.1) is 5.82 Å². The van der Waals surface area contributed by atoms with E-state index < -0.39 is 11.8 Å². The molecule has 5 nitrogen and oxygen atoms in total. The molecule has 0 radical (unpaired) electrons. The number of pyridine rings is 1. The Labute approximate surface area is 111 Å². The van der Waals surface area contributed by atoms with Crippen LogP contribution in [0.3, 0.4) is 0 Å². The Balaban J connectivity index is 2.13. The normalized spacial score (nSPS) is 19.2. The zero-order valence-electron chi connectivity index (χ0n) is 10.8. The Morgan fingerprint density at radius 3 is 3.05 bits per heavy atom. The maximum absolute atomic E-state index is 13.1. The Kier molecular flexibility index (Phi) is 4.31. The second-order valence-corrected chi connectivity index (χ2v) is 4.70. The lowest BCUT2D eigenvalue weighted by molar-refractivity contribution is 0.0215. The average molecular weight is 268 g/mol. The molecule has 0 spiro atoms. The molecular formula is C13H17FN2O3. The lowest BCUT2D eigenvalue weighted by Crippen LogP contribution is -2.34. The van der Waals surface area contributed by atoms with Crippen molar-refractivity contribution < 1.29 is 19.0 Å². The van der Waals surface area contributed by atoms with Gasteiger partial charge in [0.15, 0.2) is 0 Å². The number of likely N-dealkylation sites (N-methyl/N-ethyl adjacent to an activating group) is 1. The molecule has 1 aromatic heterocycles. The molecule has 1 aliphatic heterocycles. The fraction of sp³-hybridized carbons (Fsp3) is 0.538. The predicted octanol–water partition coefficient (Wildman–Crippen LogP) is 1.92. The van der Waals surface area contributed by atoms with Gasteiger partial charge in [0.25, 0.3) is 0 Å². The van der Waals surface area contributed by atoms with Crippen LogP contribution in [0.1, 0.15) is 29.6 Å². The number of hydrogen-bond acceptors (Lipinski definition) is 4. The van der Waals surface area contributed by atoms with E-state index in [0.717, 1.165) is 38.1 Å². The van der Waals surface area contributed by atoms with Crippen molar-refractivity contribution in [3.8, 4) is 0 Å². The van der Waals surface area contributed by atoms with E-state index in [1.54, 1.807) is 11.9 Å². The summed E-state index contributed by atoms with van der Waals surface area (Å²) in [4.78, 5) is 16.7. The molecule has 2 heterocycles. The van der Waals surface area contributed by atoms with Gasteiger partial charge in [0.1, 0.15) is 17.2 Å². The van der Waals surface area contributed by atoms with Crippen molar-refractivity contribution in [1.29, 1.82) is 0 Å². The predicted molar refractivity (Wildman–Crippen MR) is 68.0 cm³/mol. The van der Waals surface area contributed by atoms with E-state index in [1.165, 1.54) is 0 Å². The summed E-state index contributed by atoms with van der Waals surface area (Å²) in [6.07, 6.45) is 4.23. The number of rotatable bonds is 4. The lowest BCUT2D eigenvalue weighted by atomic mass is 10.1. The van der Waals surface area contributed by atoms with Crippen LogP contribution in [0.5, 0.6) is 0 Å². The standard InChI is InChI=1S/C13H17FN2O3/c1-16(8-10-4-2-3-5-19-10)12-11(13(17)18)6-9(14)7-15-12/h6-7,10H,2-5,8H2,1H3,(H,17,18). The van der Waals surface area contributed by atoms with E-state index in [9.17, 15) is 9.18 Å². The number of ether oxygens (including phenoxy) is 1. The van der Waals surface area contributed by atoms with Gasteiger partial charge in [0.2, 0.25) is 0 Å². The molecule has 19 heavy (non-hydrogen) atoms. The molecule has 6 heteroatoms. The number of aromatic nitrogens is 1. The highest BCUT2D eigenvalue weighted by Gasteiger charge is 2.21. The van der Waals surface area contributed by atoms with Crippen LogP contribution < -0.4 is 4.90 Å². The van der Waals surface area contributed by atoms with Crippen LogP contribution in [-0.2, 0) is 4.74 Å². The summed E-state index contributed by atoms with van der Waals surface area (Å²) >= 11 is 0. The zero-order valence-corrected chi connectivity index (χ0v) is 10.8. The lowest BCUT2D eigenvalue weighted by Gasteiger charge is -2.28. The minimum atomic E-state index is -1.18. The first-order valence-electron chi connectivity index (χ1n) is 6.29. The summed E-state index contributed by atoms with van der Waals surface area (Å²) in [5.74, 6) is -1.56. The van der Waals surface area contributed by atoms with Crippen molar-refractivity contribution in [2.24, 2.45) is 0 Å². The van der Waals surface area contributed by atoms with Gasteiger partial charge in [-0.15, -0.1) is 0 Å². The minimum absolute atomic E-state index is 0.0762. The maximum Gasteiger partial charge on any atom is 0.339 e. The van der Waals surface area contributed by atoms with E-state index in [-0.39, 0.29) is 17.5 Å². The quantitative estimate of drug-likeness (QED) is 0.904. The number of carboxylic acids is 1. The maximum atomic E-state index is 13.1. The Bertz CT molecular complexity index is 461. The molecule has 0 saturated carbocycles. The van der Waals surface area contributed by atoms with Gasteiger partial charge in [0, 0.05) is 20.2 Å². The molecule has 104 valence electrons. The number of carboxylic acid groups (broad SMARTS) is 1. The summed E-state index contributed by atoms with van der Waals surface area (Å²) < 4.78 is 18.7. The highest BCUT2D eigenvalue weighted by molar-refractivity contribution is 5.93. The molecule has 0 amide bonds. The number of hydrogen-bond donors (Lipinski definition) is 1. The van der Waals surface area contributed by atoms with Gasteiger partial charge in [-0.05, 0) is 25.3 Å². The van der Waals surface area contributed by atoms with Gasteiger partial charge in [0.05, 0.1) is 12.3 Å². The van der Waals surface area contributed by atoms with Crippen LogP contribution in [0.15, 0.2) is 12.3 Å². The van der Waals surface area contributed by atoms with Crippen molar-refractivity contribution in [3.05, 3.63) is 23.6 Å². The van der Waals surface area contributed by atoms with Gasteiger partial charge in [-0.2, -0.15) is 0 Å². The molecule has 1 saturated heterocycles. The van der Waals surface area contributed by atoms with Gasteiger partial charge in [-0.3, -0.25) is 0 Å². The third-order valence-corrected chi connectivity index (χ3v) is 3.18. The van der Waals surface area contributed by atoms with Gasteiger partial charge in [-0.25, -0.2) is 14.2 Å². The fourth-order valence-electron chi connectivity index (χ4n) is 2.24. The van der Waals surface area contributed by atoms with Gasteiger partial charge < -0.3 is 14.7 Å². The molecule has 1 fully saturated rings. The smallest absolute Gasteiger partial charge is 0.339 e. The highest BCUT2D eigenvalue weighted by Crippen LogP contribution is 2.20. The molecule has 0 aromatic carbocycles. The van der Waals surface area contributed by atoms with Crippen molar-refractivity contribution in [3.63, 3.8) is 0 Å². The van der Waals surface area contributed by atoms with E-state index in [1.807, 2.05) is 0 Å². The van der Waals surface area contributed by atoms with E-state index >= 15 is 0 Å². The van der Waals surface area contributed by atoms with Crippen LogP contribution in [0.4, 0.5) is 10.2 Å². The topological polar surface area (TPSA) is 62.7 Å². The van der Waals surface area contributed by atoms with Crippen LogP contribution >= 0.6 is 0 Å². The van der Waals surface area contributed by atoms with Crippen molar-refractivity contribution in [2.45, 2.75) is 25.4 Å². The van der Waals surface area contributed by atoms with Crippen LogP contribution in [0.25, 0.3) is 0 Å². The van der Waals surface area contributed by atoms with Crippen LogP contribution in [-0.4, -0.2) is 42.4 Å². The molecule has 1 N–H and O–H groups in total. The average Bonchev–Trinajstić information content (AvgIpc) is 2.39. The highest BCUT2D eigenvalue weighted by atomic mass is 19.1. The zero-order chi connectivity index (χ0) is 13.8. The Morgan fingerprint density at radius 1 is 1.63 bits per heavy atom. The van der Waals surface area contributed by atoms with Crippen molar-refractivity contribution >= 4 is 11.8 Å². The van der Waals surface area contributed by atoms with Gasteiger partial charge in [-0.1, -0.05) is 0 Å². The minimum Gasteiger partial charge on any atom is -0.478 e. The molecule has 0 bridgehead atoms. The number of anilines is 1. The molecule has 2 rings (SSSR count). The molecule has 1 atom stereocenters. The number of nitrogens with zero attached hydrogens (tertiary/aromatic N) is 2. The number of carbonyl (C=O) groups is 1. The number of halogens is 1. The summed E-state index contributed by atoms with van der Waals surface area (Å²) in [6, 6.07) is 0.989. The first-order valence-corrected chi connectivity index (χ1v) is 6.29. The van der Waals surface area contributed by atoms with Crippen LogP contribution in [0.2, 0.25) is 0 Å². The summed E-state index contributed by atoms with van der Waals surface area (Å²) in [5, 5.41) is 9.08. The Hall–Kier alpha value is -1.69. The fourth-order valence-corrected chi connectivity index (χ4v) is 2.24. The first-order chi connectivity index (χ1) is 9.08. The second kappa shape index (κ2) is 5.97. The first kappa shape index (κ1) is 13.7. The van der Waals surface area contributed by atoms with Crippen molar-refractivity contribution in [1.82, 2.24) is 4.98 Å². The third-order valence-electron chi connectivity index (χ3n) is 3.18. The third kappa shape index (κ3) is 3.41. The molecule has 1 unspecified atom stereocenters. The van der Waals surface area contributed by atoms with E-state index in [2.05, 4.69) is 4.98 Å². The summed E-state index contributed by atoms with van der Waals surface area (Å²) in [7, 11) is 1.74. The number of aromatic carboxylic acids is 1. The molecule has 0 aliphatic carbocycles. The summed E-state index contributed by atoms with van der Waals surface area (Å²) in [5.41, 5.74) is -0.127.